The summed E-state index contributed by atoms with van der Waals surface area (Å²) < 4.78 is 78.7. The van der Waals surface area contributed by atoms with Gasteiger partial charge in [0.15, 0.2) is 0 Å². The van der Waals surface area contributed by atoms with Crippen LogP contribution in [0.5, 0.6) is 0 Å². The minimum atomic E-state index is -3.09. The Morgan fingerprint density at radius 1 is 1.12 bits per heavy atom. The van der Waals surface area contributed by atoms with Crippen LogP contribution < -0.4 is 5.73 Å². The van der Waals surface area contributed by atoms with Gasteiger partial charge < -0.3 is 14.7 Å². The lowest BCUT2D eigenvalue weighted by Gasteiger charge is -2.06. The lowest BCUT2D eigenvalue weighted by molar-refractivity contribution is 0.116. The van der Waals surface area contributed by atoms with E-state index in [0.29, 0.717) is 29.2 Å². The molecule has 0 radical (unpaired) electrons. The number of aromatic nitrogens is 7. The van der Waals surface area contributed by atoms with Gasteiger partial charge in [-0.25, -0.2) is 18.4 Å². The summed E-state index contributed by atoms with van der Waals surface area (Å²) in [6.07, 6.45) is -1.86. The van der Waals surface area contributed by atoms with Crippen LogP contribution in [-0.2, 0) is 13.5 Å². The highest BCUT2D eigenvalue weighted by Crippen LogP contribution is 2.28. The Hall–Kier alpha value is -4.29. The van der Waals surface area contributed by atoms with Crippen molar-refractivity contribution in [3.05, 3.63) is 59.6 Å². The average molecular weight is 460 g/mol. The Labute approximate surface area is 185 Å². The first kappa shape index (κ1) is 18.3. The second-order valence-electron chi connectivity index (χ2n) is 6.95. The summed E-state index contributed by atoms with van der Waals surface area (Å²) in [6, 6.07) is 6.30. The van der Waals surface area contributed by atoms with Crippen molar-refractivity contribution in [3.63, 3.8) is 0 Å². The zero-order valence-corrected chi connectivity index (χ0v) is 16.7. The van der Waals surface area contributed by atoms with Crippen LogP contribution in [0.25, 0.3) is 33.7 Å². The Bertz CT molecular complexity index is 1580. The number of aryl methyl sites for hydroxylation is 1. The summed E-state index contributed by atoms with van der Waals surface area (Å²) in [5.74, 6) is -3.76. The van der Waals surface area contributed by atoms with Crippen LogP contribution in [0.4, 0.5) is 23.5 Å². The van der Waals surface area contributed by atoms with E-state index in [0.717, 1.165) is 10.2 Å². The molecule has 0 saturated carbocycles. The normalized spacial score (nSPS) is 13.0. The van der Waals surface area contributed by atoms with Gasteiger partial charge in [0.25, 0.3) is 11.8 Å². The van der Waals surface area contributed by atoms with Gasteiger partial charge >= 0.3 is 6.43 Å². The number of benzene rings is 2. The van der Waals surface area contributed by atoms with E-state index in [4.69, 9.17) is 8.48 Å². The molecule has 2 N–H and O–H groups in total. The zero-order chi connectivity index (χ0) is 25.1. The molecule has 0 aliphatic rings. The van der Waals surface area contributed by atoms with Gasteiger partial charge in [-0.1, -0.05) is 11.3 Å². The standard InChI is InChI=1S/C20H14F4N8O/c1-31-16-3-2-9(5-14(16)26-20(31)25)15-8-32(30-27-15)7-10-4-13(22)11(6-12(10)21)18-28-29-19(33-18)17(23)24/h2-6,8,17H,7H2,1H3,(H2,25,26)/i7D2. The summed E-state index contributed by atoms with van der Waals surface area (Å²) >= 11 is 0. The SMILES string of the molecule is [2H]C([2H])(c1cc(F)c(-c2nnc(C(F)F)o2)cc1F)n1cc(-c2ccc3c(c2)nc(N)n3C)nn1. The number of fused-ring (bicyclic) bond motifs is 1. The van der Waals surface area contributed by atoms with Gasteiger partial charge in [-0.05, 0) is 24.3 Å². The largest absolute Gasteiger partial charge is 0.415 e. The minimum Gasteiger partial charge on any atom is -0.415 e. The Balaban J connectivity index is 1.49. The third-order valence-electron chi connectivity index (χ3n) is 4.85. The number of hydrogen-bond acceptors (Lipinski definition) is 7. The molecule has 0 aliphatic heterocycles. The predicted molar refractivity (Wildman–Crippen MR) is 108 cm³/mol. The molecule has 0 atom stereocenters. The Morgan fingerprint density at radius 3 is 2.70 bits per heavy atom. The molecule has 3 heterocycles. The van der Waals surface area contributed by atoms with Gasteiger partial charge in [0.1, 0.15) is 17.3 Å². The van der Waals surface area contributed by atoms with Crippen LogP contribution >= 0.6 is 0 Å². The zero-order valence-electron chi connectivity index (χ0n) is 18.7. The fourth-order valence-corrected chi connectivity index (χ4v) is 3.18. The maximum Gasteiger partial charge on any atom is 0.314 e. The fraction of sp³-hybridized carbons (Fsp3) is 0.150. The molecule has 5 aromatic rings. The number of anilines is 1. The van der Waals surface area contributed by atoms with Crippen LogP contribution in [0.2, 0.25) is 0 Å². The van der Waals surface area contributed by atoms with Gasteiger partial charge in [-0.15, -0.1) is 15.3 Å². The van der Waals surface area contributed by atoms with E-state index >= 15 is 0 Å². The lowest BCUT2D eigenvalue weighted by atomic mass is 10.1. The van der Waals surface area contributed by atoms with Gasteiger partial charge in [0.05, 0.1) is 32.0 Å². The Morgan fingerprint density at radius 2 is 1.94 bits per heavy atom. The molecular weight excluding hydrogens is 444 g/mol. The number of nitrogens with zero attached hydrogens (tertiary/aromatic N) is 7. The highest BCUT2D eigenvalue weighted by molar-refractivity contribution is 5.83. The van der Waals surface area contributed by atoms with Gasteiger partial charge in [-0.2, -0.15) is 8.78 Å². The molecule has 0 bridgehead atoms. The van der Waals surface area contributed by atoms with Crippen molar-refractivity contribution in [2.24, 2.45) is 7.05 Å². The van der Waals surface area contributed by atoms with E-state index in [9.17, 15) is 17.6 Å². The first-order valence-electron chi connectivity index (χ1n) is 10.3. The third kappa shape index (κ3) is 3.66. The lowest BCUT2D eigenvalue weighted by Crippen LogP contribution is -2.04. The summed E-state index contributed by atoms with van der Waals surface area (Å²) in [4.78, 5) is 4.23. The van der Waals surface area contributed by atoms with Crippen LogP contribution in [0.1, 0.15) is 20.6 Å². The van der Waals surface area contributed by atoms with Gasteiger partial charge in [-0.3, -0.25) is 0 Å². The summed E-state index contributed by atoms with van der Waals surface area (Å²) in [7, 11) is 1.75. The molecule has 9 nitrogen and oxygen atoms in total. The minimum absolute atomic E-state index is 0.253. The van der Waals surface area contributed by atoms with E-state index in [1.54, 1.807) is 29.8 Å². The maximum absolute atomic E-state index is 14.9. The summed E-state index contributed by atoms with van der Waals surface area (Å²) in [6.45, 7) is -2.67. The van der Waals surface area contributed by atoms with Gasteiger partial charge in [0, 0.05) is 18.2 Å². The molecule has 2 aromatic carbocycles. The van der Waals surface area contributed by atoms with Crippen molar-refractivity contribution in [1.82, 2.24) is 34.7 Å². The summed E-state index contributed by atoms with van der Waals surface area (Å²) in [5, 5.41) is 14.0. The number of rotatable bonds is 5. The summed E-state index contributed by atoms with van der Waals surface area (Å²) in [5.41, 5.74) is 6.66. The van der Waals surface area contributed by atoms with E-state index in [2.05, 4.69) is 29.9 Å². The van der Waals surface area contributed by atoms with Crippen molar-refractivity contribution in [2.75, 3.05) is 5.73 Å². The molecular formula is C20H14F4N8O. The van der Waals surface area contributed by atoms with E-state index in [-0.39, 0.29) is 5.69 Å². The second kappa shape index (κ2) is 7.69. The van der Waals surface area contributed by atoms with Crippen molar-refractivity contribution < 1.29 is 24.7 Å². The van der Waals surface area contributed by atoms with E-state index < -0.39 is 47.5 Å². The predicted octanol–water partition coefficient (Wildman–Crippen LogP) is 3.73. The number of halogens is 4. The number of nitrogen functional groups attached to an aromatic ring is 1. The van der Waals surface area contributed by atoms with Crippen LogP contribution in [0.3, 0.4) is 0 Å². The van der Waals surface area contributed by atoms with Crippen LogP contribution in [-0.4, -0.2) is 34.7 Å². The highest BCUT2D eigenvalue weighted by Gasteiger charge is 2.21. The molecule has 13 heteroatoms. The van der Waals surface area contributed by atoms with Crippen LogP contribution in [0, 0.1) is 11.6 Å². The Kier molecular flexibility index (Phi) is 4.26. The number of imidazole rings is 1. The number of alkyl halides is 2. The topological polar surface area (TPSA) is 113 Å². The van der Waals surface area contributed by atoms with Gasteiger partial charge in [0.2, 0.25) is 5.95 Å². The maximum atomic E-state index is 14.9. The number of hydrogen-bond donors (Lipinski definition) is 1. The first-order chi connectivity index (χ1) is 16.6. The quantitative estimate of drug-likeness (QED) is 0.398. The molecule has 5 rings (SSSR count). The molecule has 0 aliphatic carbocycles. The smallest absolute Gasteiger partial charge is 0.314 e. The molecule has 0 unspecified atom stereocenters. The van der Waals surface area contributed by atoms with E-state index in [1.165, 1.54) is 6.20 Å². The average Bonchev–Trinajstić information content (AvgIpc) is 3.55. The molecule has 33 heavy (non-hydrogen) atoms. The molecule has 0 spiro atoms. The molecule has 168 valence electrons. The highest BCUT2D eigenvalue weighted by atomic mass is 19.3. The van der Waals surface area contributed by atoms with Crippen molar-refractivity contribution in [2.45, 2.75) is 12.9 Å². The second-order valence-corrected chi connectivity index (χ2v) is 6.95. The van der Waals surface area contributed by atoms with Crippen LogP contribution in [0.15, 0.2) is 40.9 Å². The van der Waals surface area contributed by atoms with Crippen molar-refractivity contribution >= 4 is 17.0 Å². The fourth-order valence-electron chi connectivity index (χ4n) is 3.18. The monoisotopic (exact) mass is 460 g/mol. The number of nitrogens with two attached hydrogens (primary N) is 1. The van der Waals surface area contributed by atoms with Crippen molar-refractivity contribution in [3.8, 4) is 22.7 Å². The molecule has 0 amide bonds. The van der Waals surface area contributed by atoms with E-state index in [1.807, 2.05) is 0 Å². The first-order valence-corrected chi connectivity index (χ1v) is 9.33. The molecule has 0 saturated heterocycles. The molecule has 0 fully saturated rings. The molecule has 3 aromatic heterocycles. The third-order valence-corrected chi connectivity index (χ3v) is 4.85. The van der Waals surface area contributed by atoms with Crippen molar-refractivity contribution in [1.29, 1.82) is 0 Å².